The van der Waals surface area contributed by atoms with Crippen molar-refractivity contribution in [3.63, 3.8) is 0 Å². The number of nitrogens with one attached hydrogen (secondary N) is 1. The molecule has 3 aromatic rings. The number of hydrogen-bond donors (Lipinski definition) is 1. The number of nitrogens with zero attached hydrogens (tertiary/aromatic N) is 4. The van der Waals surface area contributed by atoms with Crippen LogP contribution in [0.1, 0.15) is 25.3 Å². The van der Waals surface area contributed by atoms with Crippen molar-refractivity contribution in [1.29, 1.82) is 0 Å². The number of amides is 1. The lowest BCUT2D eigenvalue weighted by Crippen LogP contribution is -2.14. The van der Waals surface area contributed by atoms with Crippen LogP contribution in [0.4, 0.5) is 5.69 Å². The zero-order valence-electron chi connectivity index (χ0n) is 12.2. The van der Waals surface area contributed by atoms with Crippen LogP contribution in [0.5, 0.6) is 0 Å². The molecule has 0 spiro atoms. The zero-order chi connectivity index (χ0) is 15.5. The van der Waals surface area contributed by atoms with Crippen molar-refractivity contribution < 1.29 is 9.21 Å². The Morgan fingerprint density at radius 2 is 2.14 bits per heavy atom. The summed E-state index contributed by atoms with van der Waals surface area (Å²) in [5, 5.41) is 14.7. The van der Waals surface area contributed by atoms with Crippen molar-refractivity contribution in [2.75, 3.05) is 11.1 Å². The number of anilines is 1. The number of thioether (sulfide) groups is 1. The first-order chi connectivity index (χ1) is 10.6. The molecule has 0 fully saturated rings. The van der Waals surface area contributed by atoms with Gasteiger partial charge in [-0.05, 0) is 23.6 Å². The van der Waals surface area contributed by atoms with Crippen LogP contribution in [-0.2, 0) is 4.79 Å². The van der Waals surface area contributed by atoms with E-state index in [4.69, 9.17) is 4.42 Å². The molecule has 0 radical (unpaired) electrons. The van der Waals surface area contributed by atoms with E-state index in [1.165, 1.54) is 28.2 Å². The quantitative estimate of drug-likeness (QED) is 0.728. The van der Waals surface area contributed by atoms with Gasteiger partial charge < -0.3 is 9.73 Å². The highest BCUT2D eigenvalue weighted by Gasteiger charge is 2.10. The standard InChI is InChI=1S/C14H15N5O2S/c1-9(2)10-3-5-11(6-4-10)16-12(20)7-22-14-18-19-8-15-17-13(19)21-14/h3-6,8-9H,7H2,1-2H3,(H,16,20). The van der Waals surface area contributed by atoms with E-state index < -0.39 is 0 Å². The van der Waals surface area contributed by atoms with Gasteiger partial charge >= 0.3 is 5.84 Å². The number of benzene rings is 1. The zero-order valence-corrected chi connectivity index (χ0v) is 13.0. The van der Waals surface area contributed by atoms with E-state index >= 15 is 0 Å². The van der Waals surface area contributed by atoms with E-state index in [-0.39, 0.29) is 11.7 Å². The fourth-order valence-electron chi connectivity index (χ4n) is 1.88. The summed E-state index contributed by atoms with van der Waals surface area (Å²) >= 11 is 1.21. The molecule has 0 atom stereocenters. The molecule has 0 aliphatic rings. The first kappa shape index (κ1) is 14.6. The van der Waals surface area contributed by atoms with Gasteiger partial charge in [-0.2, -0.15) is 4.52 Å². The maximum Gasteiger partial charge on any atom is 0.345 e. The third kappa shape index (κ3) is 3.28. The number of rotatable bonds is 5. The van der Waals surface area contributed by atoms with Gasteiger partial charge in [-0.15, -0.1) is 10.2 Å². The summed E-state index contributed by atoms with van der Waals surface area (Å²) in [6.45, 7) is 4.26. The summed E-state index contributed by atoms with van der Waals surface area (Å²) in [7, 11) is 0. The van der Waals surface area contributed by atoms with Crippen LogP contribution in [0, 0.1) is 0 Å². The molecule has 0 saturated heterocycles. The van der Waals surface area contributed by atoms with E-state index in [1.807, 2.05) is 24.3 Å². The van der Waals surface area contributed by atoms with Crippen LogP contribution in [0.25, 0.3) is 5.84 Å². The van der Waals surface area contributed by atoms with Gasteiger partial charge in [-0.1, -0.05) is 42.8 Å². The molecule has 0 aliphatic heterocycles. The van der Waals surface area contributed by atoms with Crippen LogP contribution in [0.2, 0.25) is 0 Å². The molecule has 8 heteroatoms. The van der Waals surface area contributed by atoms with E-state index in [1.54, 1.807) is 0 Å². The number of aromatic nitrogens is 4. The lowest BCUT2D eigenvalue weighted by atomic mass is 10.0. The Kier molecular flexibility index (Phi) is 4.10. The van der Waals surface area contributed by atoms with Gasteiger partial charge in [0.25, 0.3) is 5.22 Å². The number of hydrogen-bond acceptors (Lipinski definition) is 6. The maximum atomic E-state index is 11.9. The molecule has 1 amide bonds. The number of fused-ring (bicyclic) bond motifs is 1. The summed E-state index contributed by atoms with van der Waals surface area (Å²) < 4.78 is 6.73. The minimum Gasteiger partial charge on any atom is -0.396 e. The third-order valence-electron chi connectivity index (χ3n) is 3.06. The number of carbonyl (C=O) groups is 1. The Hall–Kier alpha value is -2.35. The molecule has 114 valence electrons. The molecule has 0 unspecified atom stereocenters. The Labute approximate surface area is 131 Å². The van der Waals surface area contributed by atoms with Gasteiger partial charge in [0.1, 0.15) is 6.33 Å². The second-order valence-electron chi connectivity index (χ2n) is 5.04. The van der Waals surface area contributed by atoms with Crippen molar-refractivity contribution >= 4 is 29.2 Å². The lowest BCUT2D eigenvalue weighted by molar-refractivity contribution is -0.113. The highest BCUT2D eigenvalue weighted by atomic mass is 32.2. The van der Waals surface area contributed by atoms with Crippen molar-refractivity contribution in [3.05, 3.63) is 36.2 Å². The Morgan fingerprint density at radius 3 is 2.82 bits per heavy atom. The van der Waals surface area contributed by atoms with Gasteiger partial charge in [-0.3, -0.25) is 4.79 Å². The Bertz CT molecular complexity index is 749. The van der Waals surface area contributed by atoms with E-state index in [2.05, 4.69) is 34.5 Å². The predicted octanol–water partition coefficient (Wildman–Crippen LogP) is 2.57. The molecule has 3 rings (SSSR count). The largest absolute Gasteiger partial charge is 0.396 e. The normalized spacial score (nSPS) is 11.2. The molecule has 0 bridgehead atoms. The lowest BCUT2D eigenvalue weighted by Gasteiger charge is -2.07. The van der Waals surface area contributed by atoms with Gasteiger partial charge in [-0.25, -0.2) is 0 Å². The van der Waals surface area contributed by atoms with Crippen LogP contribution < -0.4 is 5.32 Å². The molecular formula is C14H15N5O2S. The molecule has 22 heavy (non-hydrogen) atoms. The second-order valence-corrected chi connectivity index (χ2v) is 5.97. The van der Waals surface area contributed by atoms with E-state index in [0.717, 1.165) is 5.69 Å². The Balaban J connectivity index is 1.54. The third-order valence-corrected chi connectivity index (χ3v) is 3.87. The van der Waals surface area contributed by atoms with Crippen LogP contribution >= 0.6 is 11.8 Å². The number of carbonyl (C=O) groups excluding carboxylic acids is 1. The molecule has 2 heterocycles. The molecule has 0 aliphatic carbocycles. The fraction of sp³-hybridized carbons (Fsp3) is 0.286. The summed E-state index contributed by atoms with van der Waals surface area (Å²) in [5.74, 6) is 0.880. The summed E-state index contributed by atoms with van der Waals surface area (Å²) in [4.78, 5) is 11.9. The van der Waals surface area contributed by atoms with Crippen molar-refractivity contribution in [1.82, 2.24) is 19.8 Å². The monoisotopic (exact) mass is 317 g/mol. The van der Waals surface area contributed by atoms with E-state index in [9.17, 15) is 4.79 Å². The summed E-state index contributed by atoms with van der Waals surface area (Å²) in [5.41, 5.74) is 2.02. The highest BCUT2D eigenvalue weighted by Crippen LogP contribution is 2.19. The fourth-order valence-corrected chi connectivity index (χ4v) is 2.48. The topological polar surface area (TPSA) is 85.3 Å². The molecule has 7 nitrogen and oxygen atoms in total. The average molecular weight is 317 g/mol. The van der Waals surface area contributed by atoms with Crippen molar-refractivity contribution in [2.45, 2.75) is 25.0 Å². The summed E-state index contributed by atoms with van der Waals surface area (Å²) in [6.07, 6.45) is 1.44. The maximum absolute atomic E-state index is 11.9. The predicted molar refractivity (Wildman–Crippen MR) is 82.9 cm³/mol. The highest BCUT2D eigenvalue weighted by molar-refractivity contribution is 7.99. The summed E-state index contributed by atoms with van der Waals surface area (Å²) in [6, 6.07) is 7.85. The minimum absolute atomic E-state index is 0.115. The molecule has 0 saturated carbocycles. The SMILES string of the molecule is CC(C)c1ccc(NC(=O)CSc2nn3cnnc3o2)cc1. The average Bonchev–Trinajstić information content (AvgIpc) is 3.06. The van der Waals surface area contributed by atoms with Crippen LogP contribution in [0.15, 0.2) is 40.2 Å². The van der Waals surface area contributed by atoms with Crippen LogP contribution in [-0.4, -0.2) is 31.5 Å². The minimum atomic E-state index is -0.115. The van der Waals surface area contributed by atoms with Gasteiger partial charge in [0, 0.05) is 5.69 Å². The van der Waals surface area contributed by atoms with Crippen molar-refractivity contribution in [3.8, 4) is 0 Å². The molecule has 1 N–H and O–H groups in total. The van der Waals surface area contributed by atoms with E-state index in [0.29, 0.717) is 17.0 Å². The van der Waals surface area contributed by atoms with Gasteiger partial charge in [0.05, 0.1) is 5.75 Å². The molecular weight excluding hydrogens is 302 g/mol. The molecule has 1 aromatic carbocycles. The second kappa shape index (κ2) is 6.18. The first-order valence-electron chi connectivity index (χ1n) is 6.81. The van der Waals surface area contributed by atoms with Crippen molar-refractivity contribution in [2.24, 2.45) is 0 Å². The first-order valence-corrected chi connectivity index (χ1v) is 7.80. The smallest absolute Gasteiger partial charge is 0.345 e. The Morgan fingerprint density at radius 1 is 1.36 bits per heavy atom. The van der Waals surface area contributed by atoms with Gasteiger partial charge in [0.15, 0.2) is 0 Å². The molecule has 2 aromatic heterocycles. The van der Waals surface area contributed by atoms with Gasteiger partial charge in [0.2, 0.25) is 5.91 Å². The van der Waals surface area contributed by atoms with Crippen LogP contribution in [0.3, 0.4) is 0 Å².